The highest BCUT2D eigenvalue weighted by Gasteiger charge is 2.29. The molecule has 3 nitrogen and oxygen atoms in total. The van der Waals surface area contributed by atoms with Crippen molar-refractivity contribution in [2.45, 2.75) is 58.7 Å². The van der Waals surface area contributed by atoms with E-state index in [1.54, 1.807) is 4.90 Å². The Morgan fingerprint density at radius 3 is 2.47 bits per heavy atom. The first-order valence-corrected chi connectivity index (χ1v) is 7.07. The minimum Gasteiger partial charge on any atom is -0.441 e. The molecule has 1 amide bonds. The molecule has 0 radical (unpaired) electrons. The molecule has 2 rings (SSSR count). The number of rotatable bonds is 3. The van der Waals surface area contributed by atoms with E-state index in [9.17, 15) is 4.79 Å². The van der Waals surface area contributed by atoms with Crippen LogP contribution in [0.2, 0.25) is 0 Å². The second-order valence-electron chi connectivity index (χ2n) is 5.70. The van der Waals surface area contributed by atoms with Crippen LogP contribution in [0.15, 0.2) is 24.3 Å². The first-order chi connectivity index (χ1) is 9.00. The summed E-state index contributed by atoms with van der Waals surface area (Å²) < 4.78 is 5.71. The average molecular weight is 261 g/mol. The molecule has 0 spiro atoms. The van der Waals surface area contributed by atoms with Crippen LogP contribution in [-0.2, 0) is 11.2 Å². The van der Waals surface area contributed by atoms with Crippen molar-refractivity contribution in [3.8, 4) is 0 Å². The van der Waals surface area contributed by atoms with Crippen molar-refractivity contribution < 1.29 is 9.53 Å². The van der Waals surface area contributed by atoms with E-state index in [4.69, 9.17) is 4.74 Å². The minimum atomic E-state index is -0.202. The molecule has 1 atom stereocenters. The lowest BCUT2D eigenvalue weighted by molar-refractivity contribution is 0.0453. The average Bonchev–Trinajstić information content (AvgIpc) is 2.72. The van der Waals surface area contributed by atoms with Gasteiger partial charge in [0.05, 0.1) is 0 Å². The number of ether oxygens (including phenoxy) is 1. The van der Waals surface area contributed by atoms with Crippen LogP contribution in [-0.4, -0.2) is 23.1 Å². The number of benzene rings is 1. The smallest absolute Gasteiger partial charge is 0.410 e. The number of hydrogen-bond donors (Lipinski definition) is 0. The summed E-state index contributed by atoms with van der Waals surface area (Å²) in [7, 11) is 0. The largest absolute Gasteiger partial charge is 0.441 e. The molecule has 3 heteroatoms. The Balaban J connectivity index is 2.08. The zero-order valence-corrected chi connectivity index (χ0v) is 12.2. The van der Waals surface area contributed by atoms with Crippen molar-refractivity contribution in [3.05, 3.63) is 35.4 Å². The number of amides is 1. The third-order valence-electron chi connectivity index (χ3n) is 3.64. The van der Waals surface area contributed by atoms with Crippen LogP contribution in [0.4, 0.5) is 4.79 Å². The molecule has 19 heavy (non-hydrogen) atoms. The Morgan fingerprint density at radius 2 is 1.84 bits per heavy atom. The van der Waals surface area contributed by atoms with E-state index in [1.165, 1.54) is 11.1 Å². The maximum absolute atomic E-state index is 12.3. The van der Waals surface area contributed by atoms with Crippen molar-refractivity contribution in [2.24, 2.45) is 0 Å². The molecule has 0 saturated heterocycles. The molecule has 1 aromatic carbocycles. The van der Waals surface area contributed by atoms with Gasteiger partial charge in [-0.25, -0.2) is 4.79 Å². The summed E-state index contributed by atoms with van der Waals surface area (Å²) in [6, 6.07) is 8.54. The second-order valence-corrected chi connectivity index (χ2v) is 5.70. The van der Waals surface area contributed by atoms with Crippen LogP contribution < -0.4 is 0 Å². The molecule has 1 unspecified atom stereocenters. The summed E-state index contributed by atoms with van der Waals surface area (Å²) in [6.07, 6.45) is 1.61. The molecular formula is C16H23NO2. The number of fused-ring (bicyclic) bond motifs is 1. The molecule has 0 bridgehead atoms. The highest BCUT2D eigenvalue weighted by molar-refractivity contribution is 5.69. The van der Waals surface area contributed by atoms with E-state index in [1.807, 2.05) is 39.8 Å². The van der Waals surface area contributed by atoms with Gasteiger partial charge in [0.15, 0.2) is 0 Å². The van der Waals surface area contributed by atoms with Gasteiger partial charge in [0, 0.05) is 12.1 Å². The SMILES string of the molecule is CC(C)N(C(=O)OC1CCc2ccccc21)C(C)C. The summed E-state index contributed by atoms with van der Waals surface area (Å²) in [5.74, 6) is 0. The van der Waals surface area contributed by atoms with E-state index in [-0.39, 0.29) is 24.3 Å². The highest BCUT2D eigenvalue weighted by atomic mass is 16.6. The quantitative estimate of drug-likeness (QED) is 0.825. The van der Waals surface area contributed by atoms with Gasteiger partial charge in [-0.2, -0.15) is 0 Å². The molecule has 0 fully saturated rings. The Labute approximate surface area is 115 Å². The predicted octanol–water partition coefficient (Wildman–Crippen LogP) is 3.93. The van der Waals surface area contributed by atoms with Gasteiger partial charge in [-0.05, 0) is 51.7 Å². The fraction of sp³-hybridized carbons (Fsp3) is 0.562. The lowest BCUT2D eigenvalue weighted by atomic mass is 10.1. The predicted molar refractivity (Wildman–Crippen MR) is 76.1 cm³/mol. The number of carbonyl (C=O) groups excluding carboxylic acids is 1. The summed E-state index contributed by atoms with van der Waals surface area (Å²) in [5, 5.41) is 0. The lowest BCUT2D eigenvalue weighted by Gasteiger charge is -2.31. The van der Waals surface area contributed by atoms with Crippen LogP contribution in [0.3, 0.4) is 0 Å². The van der Waals surface area contributed by atoms with Gasteiger partial charge in [0.1, 0.15) is 6.10 Å². The van der Waals surface area contributed by atoms with Crippen molar-refractivity contribution in [1.82, 2.24) is 4.90 Å². The van der Waals surface area contributed by atoms with Crippen molar-refractivity contribution in [1.29, 1.82) is 0 Å². The Bertz CT molecular complexity index is 446. The maximum Gasteiger partial charge on any atom is 0.410 e. The van der Waals surface area contributed by atoms with Crippen LogP contribution in [0.5, 0.6) is 0 Å². The molecule has 0 aromatic heterocycles. The Kier molecular flexibility index (Phi) is 4.13. The molecule has 1 aromatic rings. The van der Waals surface area contributed by atoms with Crippen molar-refractivity contribution in [3.63, 3.8) is 0 Å². The Hall–Kier alpha value is -1.51. The number of hydrogen-bond acceptors (Lipinski definition) is 2. The molecule has 1 aliphatic rings. The van der Waals surface area contributed by atoms with E-state index in [0.29, 0.717) is 0 Å². The Morgan fingerprint density at radius 1 is 1.21 bits per heavy atom. The third-order valence-corrected chi connectivity index (χ3v) is 3.64. The standard InChI is InChI=1S/C16H23NO2/c1-11(2)17(12(3)4)16(18)19-15-10-9-13-7-5-6-8-14(13)15/h5-8,11-12,15H,9-10H2,1-4H3. The lowest BCUT2D eigenvalue weighted by Crippen LogP contribution is -2.42. The fourth-order valence-electron chi connectivity index (χ4n) is 2.84. The van der Waals surface area contributed by atoms with Crippen molar-refractivity contribution in [2.75, 3.05) is 0 Å². The second kappa shape index (κ2) is 5.64. The van der Waals surface area contributed by atoms with Crippen molar-refractivity contribution >= 4 is 6.09 Å². The van der Waals surface area contributed by atoms with Crippen LogP contribution >= 0.6 is 0 Å². The molecule has 0 heterocycles. The van der Waals surface area contributed by atoms with Gasteiger partial charge >= 0.3 is 6.09 Å². The van der Waals surface area contributed by atoms with Gasteiger partial charge in [0.2, 0.25) is 0 Å². The number of carbonyl (C=O) groups is 1. The van der Waals surface area contributed by atoms with E-state index in [2.05, 4.69) is 12.1 Å². The van der Waals surface area contributed by atoms with E-state index >= 15 is 0 Å². The molecular weight excluding hydrogens is 238 g/mol. The summed E-state index contributed by atoms with van der Waals surface area (Å²) in [5.41, 5.74) is 2.48. The van der Waals surface area contributed by atoms with Gasteiger partial charge in [-0.15, -0.1) is 0 Å². The van der Waals surface area contributed by atoms with Gasteiger partial charge < -0.3 is 9.64 Å². The molecule has 0 N–H and O–H groups in total. The first-order valence-electron chi connectivity index (χ1n) is 7.07. The normalized spacial score (nSPS) is 17.7. The monoisotopic (exact) mass is 261 g/mol. The molecule has 104 valence electrons. The van der Waals surface area contributed by atoms with E-state index in [0.717, 1.165) is 12.8 Å². The summed E-state index contributed by atoms with van der Waals surface area (Å²) in [6.45, 7) is 8.07. The zero-order chi connectivity index (χ0) is 14.0. The molecule has 1 aliphatic carbocycles. The highest BCUT2D eigenvalue weighted by Crippen LogP contribution is 2.34. The van der Waals surface area contributed by atoms with Gasteiger partial charge in [0.25, 0.3) is 0 Å². The number of nitrogens with zero attached hydrogens (tertiary/aromatic N) is 1. The number of aryl methyl sites for hydroxylation is 1. The van der Waals surface area contributed by atoms with Crippen LogP contribution in [0, 0.1) is 0 Å². The third kappa shape index (κ3) is 2.91. The van der Waals surface area contributed by atoms with Crippen LogP contribution in [0.25, 0.3) is 0 Å². The fourth-order valence-corrected chi connectivity index (χ4v) is 2.84. The maximum atomic E-state index is 12.3. The van der Waals surface area contributed by atoms with Crippen LogP contribution in [0.1, 0.15) is 51.3 Å². The molecule has 0 aliphatic heterocycles. The summed E-state index contributed by atoms with van der Waals surface area (Å²) >= 11 is 0. The minimum absolute atomic E-state index is 0.0799. The van der Waals surface area contributed by atoms with E-state index < -0.39 is 0 Å². The van der Waals surface area contributed by atoms with Gasteiger partial charge in [-0.1, -0.05) is 24.3 Å². The zero-order valence-electron chi connectivity index (χ0n) is 12.2. The topological polar surface area (TPSA) is 29.5 Å². The van der Waals surface area contributed by atoms with Gasteiger partial charge in [-0.3, -0.25) is 0 Å². The molecule has 0 saturated carbocycles. The first kappa shape index (κ1) is 13.9. The summed E-state index contributed by atoms with van der Waals surface area (Å²) in [4.78, 5) is 14.1.